The molecule has 0 radical (unpaired) electrons. The minimum absolute atomic E-state index is 0.0610. The van der Waals surface area contributed by atoms with Crippen LogP contribution in [0.3, 0.4) is 0 Å². The highest BCUT2D eigenvalue weighted by Gasteiger charge is 2.38. The van der Waals surface area contributed by atoms with Gasteiger partial charge in [-0.1, -0.05) is 53.5 Å². The van der Waals surface area contributed by atoms with Crippen molar-refractivity contribution in [3.8, 4) is 0 Å². The maximum absolute atomic E-state index is 12.8. The topological polar surface area (TPSA) is 55.4 Å². The Bertz CT molecular complexity index is 909. The van der Waals surface area contributed by atoms with Crippen molar-refractivity contribution in [3.63, 3.8) is 0 Å². The first kappa shape index (κ1) is 21.4. The Balaban J connectivity index is 1.54. The number of ether oxygens (including phenoxy) is 1. The third-order valence-electron chi connectivity index (χ3n) is 6.33. The van der Waals surface area contributed by atoms with Gasteiger partial charge in [0.05, 0.1) is 5.92 Å². The van der Waals surface area contributed by atoms with Crippen molar-refractivity contribution < 1.29 is 14.3 Å². The zero-order chi connectivity index (χ0) is 21.1. The first-order valence-corrected chi connectivity index (χ1v) is 11.3. The van der Waals surface area contributed by atoms with Crippen molar-refractivity contribution in [1.82, 2.24) is 5.32 Å². The van der Waals surface area contributed by atoms with E-state index in [0.717, 1.165) is 31.4 Å². The molecule has 1 aliphatic carbocycles. The van der Waals surface area contributed by atoms with E-state index in [2.05, 4.69) is 5.32 Å². The van der Waals surface area contributed by atoms with Crippen LogP contribution in [-0.2, 0) is 14.3 Å². The van der Waals surface area contributed by atoms with Crippen molar-refractivity contribution >= 4 is 35.1 Å². The molecule has 3 unspecified atom stereocenters. The molecule has 4 atom stereocenters. The molecular formula is C24H25Cl2NO3. The summed E-state index contributed by atoms with van der Waals surface area (Å²) >= 11 is 12.6. The molecule has 1 saturated heterocycles. The summed E-state index contributed by atoms with van der Waals surface area (Å²) in [4.78, 5) is 25.1. The van der Waals surface area contributed by atoms with Crippen LogP contribution >= 0.6 is 23.2 Å². The highest BCUT2D eigenvalue weighted by Crippen LogP contribution is 2.48. The van der Waals surface area contributed by atoms with E-state index in [0.29, 0.717) is 22.9 Å². The third-order valence-corrected chi connectivity index (χ3v) is 6.93. The van der Waals surface area contributed by atoms with Crippen LogP contribution in [0.2, 0.25) is 10.0 Å². The number of nitrogens with one attached hydrogen (secondary N) is 1. The zero-order valence-electron chi connectivity index (χ0n) is 16.7. The summed E-state index contributed by atoms with van der Waals surface area (Å²) in [5.41, 5.74) is 2.21. The SMILES string of the molecule is O=C(OC(=O)C1CCCN1)C1CCC(c2ccc(Cl)cc2)[C@H](c2ccccc2Cl)C1. The molecule has 4 rings (SSSR count). The van der Waals surface area contributed by atoms with Crippen LogP contribution in [0.15, 0.2) is 48.5 Å². The fourth-order valence-electron chi connectivity index (χ4n) is 4.75. The largest absolute Gasteiger partial charge is 0.392 e. The number of benzene rings is 2. The quantitative estimate of drug-likeness (QED) is 0.499. The highest BCUT2D eigenvalue weighted by molar-refractivity contribution is 6.31. The molecule has 6 heteroatoms. The van der Waals surface area contributed by atoms with Gasteiger partial charge in [0, 0.05) is 10.0 Å². The van der Waals surface area contributed by atoms with Crippen molar-refractivity contribution in [3.05, 3.63) is 69.7 Å². The first-order chi connectivity index (χ1) is 14.5. The predicted octanol–water partition coefficient (Wildman–Crippen LogP) is 5.48. The minimum atomic E-state index is -0.452. The fourth-order valence-corrected chi connectivity index (χ4v) is 5.15. The van der Waals surface area contributed by atoms with E-state index in [1.165, 1.54) is 5.56 Å². The van der Waals surface area contributed by atoms with Crippen LogP contribution in [0, 0.1) is 5.92 Å². The van der Waals surface area contributed by atoms with E-state index in [1.807, 2.05) is 48.5 Å². The van der Waals surface area contributed by atoms with Crippen molar-refractivity contribution in [2.75, 3.05) is 6.54 Å². The maximum Gasteiger partial charge on any atom is 0.330 e. The van der Waals surface area contributed by atoms with Gasteiger partial charge in [0.25, 0.3) is 0 Å². The molecular weight excluding hydrogens is 421 g/mol. The molecule has 0 aromatic heterocycles. The van der Waals surface area contributed by atoms with Crippen LogP contribution in [0.25, 0.3) is 0 Å². The van der Waals surface area contributed by atoms with Crippen LogP contribution in [-0.4, -0.2) is 24.5 Å². The molecule has 2 aliphatic rings. The monoisotopic (exact) mass is 445 g/mol. The molecule has 1 aliphatic heterocycles. The number of hydrogen-bond acceptors (Lipinski definition) is 4. The van der Waals surface area contributed by atoms with Crippen molar-refractivity contribution in [2.45, 2.75) is 50.0 Å². The summed E-state index contributed by atoms with van der Waals surface area (Å²) in [6.07, 6.45) is 3.74. The smallest absolute Gasteiger partial charge is 0.330 e. The second kappa shape index (κ2) is 9.51. The molecule has 1 N–H and O–H groups in total. The Morgan fingerprint density at radius 2 is 1.67 bits per heavy atom. The molecule has 0 bridgehead atoms. The van der Waals surface area contributed by atoms with Gasteiger partial charge >= 0.3 is 11.9 Å². The molecule has 2 aromatic rings. The van der Waals surface area contributed by atoms with Crippen LogP contribution in [0.1, 0.15) is 55.1 Å². The van der Waals surface area contributed by atoms with Gasteiger partial charge in [-0.05, 0) is 79.8 Å². The molecule has 30 heavy (non-hydrogen) atoms. The van der Waals surface area contributed by atoms with E-state index < -0.39 is 11.9 Å². The summed E-state index contributed by atoms with van der Waals surface area (Å²) in [5.74, 6) is -0.906. The standard InChI is InChI=1S/C24H25Cl2NO3/c25-17-10-7-15(8-11-17)18-12-9-16(14-20(18)19-4-1-2-5-21(19)26)23(28)30-24(29)22-6-3-13-27-22/h1-2,4-5,7-8,10-11,16,18,20,22,27H,3,6,9,12-14H2/t16?,18?,20-,22?/m1/s1. The van der Waals surface area contributed by atoms with Gasteiger partial charge in [0.2, 0.25) is 0 Å². The van der Waals surface area contributed by atoms with E-state index in [4.69, 9.17) is 27.9 Å². The number of carbonyl (C=O) groups excluding carboxylic acids is 2. The van der Waals surface area contributed by atoms with Crippen LogP contribution in [0.4, 0.5) is 0 Å². The lowest BCUT2D eigenvalue weighted by molar-refractivity contribution is -0.164. The number of esters is 2. The summed E-state index contributed by atoms with van der Waals surface area (Å²) in [6, 6.07) is 15.3. The van der Waals surface area contributed by atoms with E-state index in [-0.39, 0.29) is 23.8 Å². The number of carbonyl (C=O) groups is 2. The van der Waals surface area contributed by atoms with Gasteiger partial charge in [-0.15, -0.1) is 0 Å². The predicted molar refractivity (Wildman–Crippen MR) is 118 cm³/mol. The van der Waals surface area contributed by atoms with Gasteiger partial charge in [-0.3, -0.25) is 4.79 Å². The van der Waals surface area contributed by atoms with Gasteiger partial charge in [0.1, 0.15) is 6.04 Å². The maximum atomic E-state index is 12.8. The normalized spacial score (nSPS) is 26.3. The lowest BCUT2D eigenvalue weighted by atomic mass is 9.68. The lowest BCUT2D eigenvalue weighted by Gasteiger charge is -2.36. The van der Waals surface area contributed by atoms with Gasteiger partial charge in [-0.2, -0.15) is 0 Å². The average Bonchev–Trinajstić information content (AvgIpc) is 3.29. The molecule has 0 spiro atoms. The molecule has 4 nitrogen and oxygen atoms in total. The van der Waals surface area contributed by atoms with Gasteiger partial charge in [-0.25, -0.2) is 4.79 Å². The summed E-state index contributed by atoms with van der Waals surface area (Å²) in [5, 5.41) is 4.48. The molecule has 158 valence electrons. The second-order valence-corrected chi connectivity index (χ2v) is 9.03. The van der Waals surface area contributed by atoms with Crippen LogP contribution in [0.5, 0.6) is 0 Å². The summed E-state index contributed by atoms with van der Waals surface area (Å²) in [6.45, 7) is 0.786. The zero-order valence-corrected chi connectivity index (χ0v) is 18.2. The second-order valence-electron chi connectivity index (χ2n) is 8.19. The Hall–Kier alpha value is -1.88. The third kappa shape index (κ3) is 4.72. The lowest BCUT2D eigenvalue weighted by Crippen LogP contribution is -2.36. The highest BCUT2D eigenvalue weighted by atomic mass is 35.5. The van der Waals surface area contributed by atoms with Crippen LogP contribution < -0.4 is 5.32 Å². The number of hydrogen-bond donors (Lipinski definition) is 1. The molecule has 1 saturated carbocycles. The minimum Gasteiger partial charge on any atom is -0.392 e. The molecule has 1 heterocycles. The van der Waals surface area contributed by atoms with E-state index in [9.17, 15) is 9.59 Å². The Kier molecular flexibility index (Phi) is 6.77. The number of rotatable bonds is 4. The Morgan fingerprint density at radius 3 is 2.37 bits per heavy atom. The fraction of sp³-hybridized carbons (Fsp3) is 0.417. The van der Waals surface area contributed by atoms with Gasteiger partial charge in [0.15, 0.2) is 0 Å². The average molecular weight is 446 g/mol. The first-order valence-electron chi connectivity index (χ1n) is 10.5. The van der Waals surface area contributed by atoms with Crippen molar-refractivity contribution in [1.29, 1.82) is 0 Å². The Morgan fingerprint density at radius 1 is 0.900 bits per heavy atom. The van der Waals surface area contributed by atoms with E-state index in [1.54, 1.807) is 0 Å². The summed E-state index contributed by atoms with van der Waals surface area (Å²) in [7, 11) is 0. The molecule has 0 amide bonds. The Labute approximate surface area is 186 Å². The summed E-state index contributed by atoms with van der Waals surface area (Å²) < 4.78 is 5.25. The van der Waals surface area contributed by atoms with E-state index >= 15 is 0 Å². The van der Waals surface area contributed by atoms with Crippen molar-refractivity contribution in [2.24, 2.45) is 5.92 Å². The molecule has 2 aromatic carbocycles. The number of halogens is 2. The molecule has 2 fully saturated rings. The van der Waals surface area contributed by atoms with Gasteiger partial charge < -0.3 is 10.1 Å².